The molecule has 0 amide bonds. The molecule has 0 unspecified atom stereocenters. The van der Waals surface area contributed by atoms with Crippen LogP contribution >= 0.6 is 11.8 Å². The zero-order valence-electron chi connectivity index (χ0n) is 40.8. The first-order valence-electron chi connectivity index (χ1n) is 27.0. The number of hydrogen-bond donors (Lipinski definition) is 0. The first-order chi connectivity index (χ1) is 29.1. The molecule has 0 saturated heterocycles. The summed E-state index contributed by atoms with van der Waals surface area (Å²) in [7, 11) is 0. The number of ether oxygens (including phenoxy) is 2. The standard InChI is InChI=1S/C54H106O4S/c1-5-9-13-17-21-25-29-33-37-41-46-54(47-42-38-34-30-26-22-18-14-10-6-2,53(56)58-49-44-40-36-32-28-24-20-16-12-8-4)51-59-50-45-52(55)57-48-43-39-35-31-27-23-19-15-11-7-3/h5-51H2,1-4H3. The lowest BCUT2D eigenvalue weighted by atomic mass is 9.79. The van der Waals surface area contributed by atoms with E-state index in [0.717, 1.165) is 62.9 Å². The average molecular weight is 852 g/mol. The van der Waals surface area contributed by atoms with Crippen LogP contribution in [0.5, 0.6) is 0 Å². The summed E-state index contributed by atoms with van der Waals surface area (Å²) < 4.78 is 11.9. The summed E-state index contributed by atoms with van der Waals surface area (Å²) in [6, 6.07) is 0. The zero-order chi connectivity index (χ0) is 43.0. The Hall–Kier alpha value is -0.710. The summed E-state index contributed by atoms with van der Waals surface area (Å²) in [5.41, 5.74) is -0.441. The Kier molecular flexibility index (Phi) is 47.7. The number of rotatable bonds is 50. The molecular weight excluding hydrogens is 745 g/mol. The Morgan fingerprint density at radius 1 is 0.356 bits per heavy atom. The van der Waals surface area contributed by atoms with Crippen LogP contribution in [0.1, 0.15) is 304 Å². The van der Waals surface area contributed by atoms with E-state index in [1.165, 1.54) is 218 Å². The lowest BCUT2D eigenvalue weighted by Crippen LogP contribution is -2.36. The topological polar surface area (TPSA) is 52.6 Å². The van der Waals surface area contributed by atoms with Gasteiger partial charge in [0.05, 0.1) is 25.0 Å². The maximum atomic E-state index is 14.2. The zero-order valence-corrected chi connectivity index (χ0v) is 41.6. The second kappa shape index (κ2) is 48.3. The Labute approximate surface area is 375 Å². The quantitative estimate of drug-likeness (QED) is 0.0451. The first-order valence-corrected chi connectivity index (χ1v) is 28.1. The van der Waals surface area contributed by atoms with Crippen molar-refractivity contribution in [1.29, 1.82) is 0 Å². The van der Waals surface area contributed by atoms with Gasteiger partial charge >= 0.3 is 11.9 Å². The highest BCUT2D eigenvalue weighted by molar-refractivity contribution is 7.99. The summed E-state index contributed by atoms with van der Waals surface area (Å²) in [6.07, 6.45) is 54.0. The fraction of sp³-hybridized carbons (Fsp3) is 0.963. The molecule has 0 N–H and O–H groups in total. The van der Waals surface area contributed by atoms with Crippen LogP contribution in [0.2, 0.25) is 0 Å². The van der Waals surface area contributed by atoms with E-state index in [-0.39, 0.29) is 11.9 Å². The second-order valence-corrected chi connectivity index (χ2v) is 19.8. The number of carbonyl (C=O) groups is 2. The third kappa shape index (κ3) is 41.1. The molecule has 0 aliphatic carbocycles. The van der Waals surface area contributed by atoms with E-state index in [1.807, 2.05) is 0 Å². The van der Waals surface area contributed by atoms with Crippen LogP contribution in [-0.4, -0.2) is 36.7 Å². The molecule has 0 aromatic heterocycles. The minimum Gasteiger partial charge on any atom is -0.466 e. The Balaban J connectivity index is 5.10. The summed E-state index contributed by atoms with van der Waals surface area (Å²) in [5, 5.41) is 0. The molecule has 0 radical (unpaired) electrons. The molecule has 0 aliphatic heterocycles. The lowest BCUT2D eigenvalue weighted by molar-refractivity contribution is -0.155. The Morgan fingerprint density at radius 3 is 0.949 bits per heavy atom. The minimum absolute atomic E-state index is 0.0521. The van der Waals surface area contributed by atoms with Crippen molar-refractivity contribution >= 4 is 23.7 Å². The summed E-state index contributed by atoms with van der Waals surface area (Å²) in [4.78, 5) is 26.9. The van der Waals surface area contributed by atoms with Gasteiger partial charge in [-0.15, -0.1) is 0 Å². The number of esters is 2. The second-order valence-electron chi connectivity index (χ2n) is 18.7. The molecule has 0 heterocycles. The number of carbonyl (C=O) groups excluding carboxylic acids is 2. The fourth-order valence-corrected chi connectivity index (χ4v) is 9.86. The normalized spacial score (nSPS) is 11.7. The number of unbranched alkanes of at least 4 members (excludes halogenated alkanes) is 36. The van der Waals surface area contributed by atoms with Crippen molar-refractivity contribution in [3.05, 3.63) is 0 Å². The molecule has 0 atom stereocenters. The highest BCUT2D eigenvalue weighted by atomic mass is 32.2. The van der Waals surface area contributed by atoms with Gasteiger partial charge in [0, 0.05) is 11.5 Å². The van der Waals surface area contributed by atoms with Crippen molar-refractivity contribution in [3.63, 3.8) is 0 Å². The molecule has 0 fully saturated rings. The lowest BCUT2D eigenvalue weighted by Gasteiger charge is -2.32. The van der Waals surface area contributed by atoms with Crippen LogP contribution in [-0.2, 0) is 19.1 Å². The van der Waals surface area contributed by atoms with Crippen LogP contribution < -0.4 is 0 Å². The van der Waals surface area contributed by atoms with Crippen LogP contribution in [0, 0.1) is 5.41 Å². The SMILES string of the molecule is CCCCCCCCCCCCOC(=O)CCSCC(CCCCCCCCCCCC)(CCCCCCCCCCCC)C(=O)OCCCCCCCCCCCC. The van der Waals surface area contributed by atoms with Gasteiger partial charge in [0.2, 0.25) is 0 Å². The molecule has 5 heteroatoms. The van der Waals surface area contributed by atoms with Crippen molar-refractivity contribution in [2.24, 2.45) is 5.41 Å². The molecule has 59 heavy (non-hydrogen) atoms. The van der Waals surface area contributed by atoms with Gasteiger partial charge in [0.1, 0.15) is 0 Å². The predicted octanol–water partition coefficient (Wildman–Crippen LogP) is 18.6. The summed E-state index contributed by atoms with van der Waals surface area (Å²) >= 11 is 1.80. The van der Waals surface area contributed by atoms with Gasteiger partial charge in [-0.2, -0.15) is 11.8 Å². The predicted molar refractivity (Wildman–Crippen MR) is 263 cm³/mol. The molecule has 0 aromatic rings. The molecule has 0 spiro atoms. The van der Waals surface area contributed by atoms with Crippen molar-refractivity contribution < 1.29 is 19.1 Å². The van der Waals surface area contributed by atoms with Crippen molar-refractivity contribution in [3.8, 4) is 0 Å². The van der Waals surface area contributed by atoms with Gasteiger partial charge in [0.25, 0.3) is 0 Å². The van der Waals surface area contributed by atoms with E-state index >= 15 is 0 Å². The summed E-state index contributed by atoms with van der Waals surface area (Å²) in [6.45, 7) is 10.2. The third-order valence-electron chi connectivity index (χ3n) is 12.8. The van der Waals surface area contributed by atoms with E-state index in [2.05, 4.69) is 27.7 Å². The molecule has 0 bridgehead atoms. The van der Waals surface area contributed by atoms with Crippen LogP contribution in [0.25, 0.3) is 0 Å². The van der Waals surface area contributed by atoms with E-state index in [0.29, 0.717) is 19.6 Å². The molecule has 0 saturated carbocycles. The van der Waals surface area contributed by atoms with E-state index in [1.54, 1.807) is 11.8 Å². The maximum Gasteiger partial charge on any atom is 0.312 e. The van der Waals surface area contributed by atoms with Gasteiger partial charge in [-0.1, -0.05) is 272 Å². The monoisotopic (exact) mass is 851 g/mol. The van der Waals surface area contributed by atoms with E-state index in [4.69, 9.17) is 9.47 Å². The number of thioether (sulfide) groups is 1. The van der Waals surface area contributed by atoms with Crippen LogP contribution in [0.15, 0.2) is 0 Å². The molecule has 0 rings (SSSR count). The van der Waals surface area contributed by atoms with E-state index < -0.39 is 5.41 Å². The Morgan fingerprint density at radius 2 is 0.627 bits per heavy atom. The van der Waals surface area contributed by atoms with Gasteiger partial charge in [0.15, 0.2) is 0 Å². The third-order valence-corrected chi connectivity index (χ3v) is 14.0. The van der Waals surface area contributed by atoms with Crippen LogP contribution in [0.4, 0.5) is 0 Å². The van der Waals surface area contributed by atoms with Crippen molar-refractivity contribution in [2.45, 2.75) is 304 Å². The van der Waals surface area contributed by atoms with Gasteiger partial charge in [-0.3, -0.25) is 9.59 Å². The van der Waals surface area contributed by atoms with E-state index in [9.17, 15) is 9.59 Å². The largest absolute Gasteiger partial charge is 0.466 e. The average Bonchev–Trinajstić information content (AvgIpc) is 3.24. The molecule has 4 nitrogen and oxygen atoms in total. The summed E-state index contributed by atoms with van der Waals surface area (Å²) in [5.74, 6) is 1.47. The highest BCUT2D eigenvalue weighted by Gasteiger charge is 2.39. The van der Waals surface area contributed by atoms with Crippen LogP contribution in [0.3, 0.4) is 0 Å². The Bertz CT molecular complexity index is 822. The number of hydrogen-bond acceptors (Lipinski definition) is 5. The highest BCUT2D eigenvalue weighted by Crippen LogP contribution is 2.38. The maximum absolute atomic E-state index is 14.2. The minimum atomic E-state index is -0.441. The molecular formula is C54H106O4S. The van der Waals surface area contributed by atoms with Crippen molar-refractivity contribution in [2.75, 3.05) is 24.7 Å². The molecule has 0 aromatic carbocycles. The van der Waals surface area contributed by atoms with Gasteiger partial charge in [-0.25, -0.2) is 0 Å². The molecule has 0 aliphatic rings. The van der Waals surface area contributed by atoms with Gasteiger partial charge < -0.3 is 9.47 Å². The first kappa shape index (κ1) is 58.3. The van der Waals surface area contributed by atoms with Gasteiger partial charge in [-0.05, 0) is 25.7 Å². The molecule has 352 valence electrons. The smallest absolute Gasteiger partial charge is 0.312 e. The fourth-order valence-electron chi connectivity index (χ4n) is 8.61. The van der Waals surface area contributed by atoms with Crippen molar-refractivity contribution in [1.82, 2.24) is 0 Å².